The second-order valence-electron chi connectivity index (χ2n) is 4.24. The Hall–Kier alpha value is -2.05. The first-order chi connectivity index (χ1) is 9.10. The van der Waals surface area contributed by atoms with Gasteiger partial charge in [-0.25, -0.2) is 4.39 Å². The number of nitrogens with zero attached hydrogens (tertiary/aromatic N) is 1. The lowest BCUT2D eigenvalue weighted by atomic mass is 10.1. The van der Waals surface area contributed by atoms with Crippen molar-refractivity contribution in [2.75, 3.05) is 5.32 Å². The van der Waals surface area contributed by atoms with Crippen molar-refractivity contribution >= 4 is 17.3 Å². The molecule has 2 nitrogen and oxygen atoms in total. The lowest BCUT2D eigenvalue weighted by Gasteiger charge is -2.09. The molecule has 0 unspecified atom stereocenters. The second-order valence-corrected chi connectivity index (χ2v) is 4.65. The summed E-state index contributed by atoms with van der Waals surface area (Å²) in [6.07, 6.45) is 0. The van der Waals surface area contributed by atoms with Crippen LogP contribution in [0, 0.1) is 24.1 Å². The molecule has 96 valence electrons. The van der Waals surface area contributed by atoms with Crippen molar-refractivity contribution in [2.24, 2.45) is 0 Å². The molecular formula is C15H12ClFN2. The Bertz CT molecular complexity index is 647. The minimum Gasteiger partial charge on any atom is -0.380 e. The minimum absolute atomic E-state index is 0.226. The smallest absolute Gasteiger partial charge is 0.126 e. The Morgan fingerprint density at radius 1 is 1.26 bits per heavy atom. The molecule has 2 aromatic rings. The van der Waals surface area contributed by atoms with Crippen LogP contribution in [0.2, 0.25) is 5.02 Å². The molecule has 0 aliphatic carbocycles. The van der Waals surface area contributed by atoms with Crippen molar-refractivity contribution in [1.82, 2.24) is 0 Å². The van der Waals surface area contributed by atoms with Crippen LogP contribution in [0.1, 0.15) is 16.7 Å². The summed E-state index contributed by atoms with van der Waals surface area (Å²) in [4.78, 5) is 0. The summed E-state index contributed by atoms with van der Waals surface area (Å²) in [7, 11) is 0. The van der Waals surface area contributed by atoms with Crippen LogP contribution in [0.3, 0.4) is 0 Å². The van der Waals surface area contributed by atoms with Gasteiger partial charge in [-0.05, 0) is 42.3 Å². The maximum atomic E-state index is 13.4. The van der Waals surface area contributed by atoms with E-state index in [9.17, 15) is 4.39 Å². The number of benzene rings is 2. The van der Waals surface area contributed by atoms with Crippen LogP contribution in [0.4, 0.5) is 10.1 Å². The second kappa shape index (κ2) is 5.73. The van der Waals surface area contributed by atoms with Crippen LogP contribution < -0.4 is 5.32 Å². The highest BCUT2D eigenvalue weighted by Crippen LogP contribution is 2.23. The number of nitrogens with one attached hydrogen (secondary N) is 1. The summed E-state index contributed by atoms with van der Waals surface area (Å²) < 4.78 is 13.4. The third-order valence-electron chi connectivity index (χ3n) is 2.81. The summed E-state index contributed by atoms with van der Waals surface area (Å²) >= 11 is 6.03. The lowest BCUT2D eigenvalue weighted by molar-refractivity contribution is 0.616. The van der Waals surface area contributed by atoms with Crippen molar-refractivity contribution < 1.29 is 4.39 Å². The Kier molecular flexibility index (Phi) is 4.03. The molecule has 2 aromatic carbocycles. The number of hydrogen-bond donors (Lipinski definition) is 1. The van der Waals surface area contributed by atoms with E-state index < -0.39 is 0 Å². The molecule has 1 N–H and O–H groups in total. The maximum absolute atomic E-state index is 13.4. The van der Waals surface area contributed by atoms with Gasteiger partial charge in [0, 0.05) is 6.54 Å². The molecule has 0 heterocycles. The molecule has 0 aliphatic heterocycles. The van der Waals surface area contributed by atoms with Crippen LogP contribution in [0.25, 0.3) is 0 Å². The van der Waals surface area contributed by atoms with Gasteiger partial charge in [0.15, 0.2) is 0 Å². The van der Waals surface area contributed by atoms with E-state index in [1.807, 2.05) is 6.07 Å². The van der Waals surface area contributed by atoms with E-state index in [4.69, 9.17) is 16.9 Å². The predicted molar refractivity (Wildman–Crippen MR) is 74.6 cm³/mol. The Morgan fingerprint density at radius 2 is 2.05 bits per heavy atom. The van der Waals surface area contributed by atoms with E-state index in [-0.39, 0.29) is 5.82 Å². The minimum atomic E-state index is -0.226. The van der Waals surface area contributed by atoms with Crippen LogP contribution in [0.5, 0.6) is 0 Å². The number of aryl methyl sites for hydroxylation is 1. The Labute approximate surface area is 116 Å². The van der Waals surface area contributed by atoms with Gasteiger partial charge in [-0.2, -0.15) is 5.26 Å². The van der Waals surface area contributed by atoms with Crippen LogP contribution in [-0.2, 0) is 6.54 Å². The zero-order valence-electron chi connectivity index (χ0n) is 10.4. The zero-order valence-corrected chi connectivity index (χ0v) is 11.1. The first-order valence-electron chi connectivity index (χ1n) is 5.78. The number of hydrogen-bond acceptors (Lipinski definition) is 2. The van der Waals surface area contributed by atoms with E-state index in [0.29, 0.717) is 28.4 Å². The predicted octanol–water partition coefficient (Wildman–Crippen LogP) is 4.27. The number of nitriles is 1. The Balaban J connectivity index is 2.14. The highest BCUT2D eigenvalue weighted by molar-refractivity contribution is 6.33. The van der Waals surface area contributed by atoms with Gasteiger partial charge in [0.2, 0.25) is 0 Å². The average molecular weight is 275 g/mol. The monoisotopic (exact) mass is 274 g/mol. The highest BCUT2D eigenvalue weighted by Gasteiger charge is 2.03. The summed E-state index contributed by atoms with van der Waals surface area (Å²) in [6.45, 7) is 2.17. The van der Waals surface area contributed by atoms with Gasteiger partial charge in [-0.1, -0.05) is 23.7 Å². The summed E-state index contributed by atoms with van der Waals surface area (Å²) in [6, 6.07) is 12.1. The molecule has 0 aromatic heterocycles. The normalized spacial score (nSPS) is 10.0. The first kappa shape index (κ1) is 13.4. The zero-order chi connectivity index (χ0) is 13.8. The third kappa shape index (κ3) is 3.24. The van der Waals surface area contributed by atoms with E-state index in [1.54, 1.807) is 31.2 Å². The van der Waals surface area contributed by atoms with Gasteiger partial charge in [0.25, 0.3) is 0 Å². The summed E-state index contributed by atoms with van der Waals surface area (Å²) in [5.41, 5.74) is 2.64. The molecule has 19 heavy (non-hydrogen) atoms. The maximum Gasteiger partial charge on any atom is 0.126 e. The molecule has 0 bridgehead atoms. The van der Waals surface area contributed by atoms with Gasteiger partial charge in [0.05, 0.1) is 22.3 Å². The fourth-order valence-corrected chi connectivity index (χ4v) is 1.86. The first-order valence-corrected chi connectivity index (χ1v) is 6.16. The fourth-order valence-electron chi connectivity index (χ4n) is 1.67. The van der Waals surface area contributed by atoms with Crippen molar-refractivity contribution in [2.45, 2.75) is 13.5 Å². The summed E-state index contributed by atoms with van der Waals surface area (Å²) in [5, 5.41) is 12.5. The topological polar surface area (TPSA) is 35.8 Å². The van der Waals surface area contributed by atoms with Crippen molar-refractivity contribution in [1.29, 1.82) is 5.26 Å². The van der Waals surface area contributed by atoms with Crippen LogP contribution in [0.15, 0.2) is 36.4 Å². The standard InChI is InChI=1S/C15H12ClFN2/c1-10-2-3-12(6-14(10)17)9-19-15-7-11(8-18)4-5-13(15)16/h2-7,19H,9H2,1H3. The van der Waals surface area contributed by atoms with Crippen molar-refractivity contribution in [3.8, 4) is 6.07 Å². The molecule has 2 rings (SSSR count). The molecule has 0 saturated heterocycles. The lowest BCUT2D eigenvalue weighted by Crippen LogP contribution is -2.01. The van der Waals surface area contributed by atoms with Gasteiger partial charge in [-0.3, -0.25) is 0 Å². The molecule has 0 aliphatic rings. The van der Waals surface area contributed by atoms with E-state index in [1.165, 1.54) is 6.07 Å². The molecule has 0 spiro atoms. The van der Waals surface area contributed by atoms with E-state index >= 15 is 0 Å². The molecule has 0 amide bonds. The van der Waals surface area contributed by atoms with E-state index in [0.717, 1.165) is 5.56 Å². The molecule has 0 fully saturated rings. The van der Waals surface area contributed by atoms with Gasteiger partial charge in [0.1, 0.15) is 5.82 Å². The largest absolute Gasteiger partial charge is 0.380 e. The SMILES string of the molecule is Cc1ccc(CNc2cc(C#N)ccc2Cl)cc1F. The highest BCUT2D eigenvalue weighted by atomic mass is 35.5. The molecule has 0 saturated carbocycles. The third-order valence-corrected chi connectivity index (χ3v) is 3.14. The Morgan fingerprint density at radius 3 is 2.74 bits per heavy atom. The molecule has 0 atom stereocenters. The fraction of sp³-hybridized carbons (Fsp3) is 0.133. The number of rotatable bonds is 3. The van der Waals surface area contributed by atoms with Gasteiger partial charge >= 0.3 is 0 Å². The van der Waals surface area contributed by atoms with Crippen LogP contribution in [-0.4, -0.2) is 0 Å². The summed E-state index contributed by atoms with van der Waals surface area (Å²) in [5.74, 6) is -0.226. The average Bonchev–Trinajstić information content (AvgIpc) is 2.41. The van der Waals surface area contributed by atoms with Crippen molar-refractivity contribution in [3.63, 3.8) is 0 Å². The van der Waals surface area contributed by atoms with E-state index in [2.05, 4.69) is 11.4 Å². The molecule has 0 radical (unpaired) electrons. The van der Waals surface area contributed by atoms with Gasteiger partial charge in [-0.15, -0.1) is 0 Å². The molecular weight excluding hydrogens is 263 g/mol. The quantitative estimate of drug-likeness (QED) is 0.907. The van der Waals surface area contributed by atoms with Crippen LogP contribution >= 0.6 is 11.6 Å². The number of halogens is 2. The van der Waals surface area contributed by atoms with Gasteiger partial charge < -0.3 is 5.32 Å². The number of anilines is 1. The molecule has 4 heteroatoms. The van der Waals surface area contributed by atoms with Crippen molar-refractivity contribution in [3.05, 3.63) is 63.9 Å².